The van der Waals surface area contributed by atoms with E-state index in [9.17, 15) is 14.4 Å². The van der Waals surface area contributed by atoms with Gasteiger partial charge in [0.2, 0.25) is 0 Å². The third kappa shape index (κ3) is 4.67. The van der Waals surface area contributed by atoms with Crippen LogP contribution in [0.4, 0.5) is 5.69 Å². The van der Waals surface area contributed by atoms with Crippen LogP contribution in [0.3, 0.4) is 0 Å². The quantitative estimate of drug-likeness (QED) is 0.709. The molecule has 1 heterocycles. The van der Waals surface area contributed by atoms with Crippen LogP contribution < -0.4 is 10.6 Å². The molecule has 0 aliphatic heterocycles. The highest BCUT2D eigenvalue weighted by Crippen LogP contribution is 2.34. The molecule has 130 valence electrons. The van der Waals surface area contributed by atoms with E-state index in [2.05, 4.69) is 10.6 Å². The summed E-state index contributed by atoms with van der Waals surface area (Å²) in [4.78, 5) is 35.8. The van der Waals surface area contributed by atoms with Crippen molar-refractivity contribution in [3.05, 3.63) is 52.2 Å². The second-order valence-electron chi connectivity index (χ2n) is 6.02. The van der Waals surface area contributed by atoms with Crippen molar-refractivity contribution >= 4 is 34.8 Å². The highest BCUT2D eigenvalue weighted by Gasteiger charge is 2.33. The number of amides is 2. The molecule has 0 spiro atoms. The number of rotatable bonds is 7. The second-order valence-corrected chi connectivity index (χ2v) is 6.97. The van der Waals surface area contributed by atoms with Crippen molar-refractivity contribution in [3.8, 4) is 0 Å². The fourth-order valence-electron chi connectivity index (χ4n) is 2.58. The molecule has 7 heteroatoms. The molecule has 2 amide bonds. The van der Waals surface area contributed by atoms with Gasteiger partial charge in [0.25, 0.3) is 11.8 Å². The molecule has 0 bridgehead atoms. The average Bonchev–Trinajstić information content (AvgIpc) is 3.28. The van der Waals surface area contributed by atoms with E-state index in [4.69, 9.17) is 5.11 Å². The van der Waals surface area contributed by atoms with Crippen molar-refractivity contribution < 1.29 is 19.5 Å². The van der Waals surface area contributed by atoms with E-state index < -0.39 is 5.97 Å². The van der Waals surface area contributed by atoms with Gasteiger partial charge in [-0.05, 0) is 54.5 Å². The Morgan fingerprint density at radius 2 is 1.84 bits per heavy atom. The lowest BCUT2D eigenvalue weighted by molar-refractivity contribution is -0.137. The molecule has 1 aliphatic rings. The number of carbonyl (C=O) groups excluding carboxylic acids is 2. The topological polar surface area (TPSA) is 95.5 Å². The van der Waals surface area contributed by atoms with Crippen LogP contribution in [0.2, 0.25) is 0 Å². The first kappa shape index (κ1) is 17.2. The maximum absolute atomic E-state index is 12.3. The van der Waals surface area contributed by atoms with E-state index >= 15 is 0 Å². The van der Waals surface area contributed by atoms with Crippen molar-refractivity contribution in [2.75, 3.05) is 5.32 Å². The van der Waals surface area contributed by atoms with Crippen LogP contribution >= 0.6 is 11.3 Å². The smallest absolute Gasteiger partial charge is 0.305 e. The van der Waals surface area contributed by atoms with E-state index in [0.717, 1.165) is 12.8 Å². The summed E-state index contributed by atoms with van der Waals surface area (Å²) in [6.07, 6.45) is 1.84. The molecule has 2 aromatic rings. The minimum Gasteiger partial charge on any atom is -0.481 e. The second kappa shape index (κ2) is 7.48. The first-order chi connectivity index (χ1) is 12.0. The molecule has 3 N–H and O–H groups in total. The summed E-state index contributed by atoms with van der Waals surface area (Å²) in [7, 11) is 0. The summed E-state index contributed by atoms with van der Waals surface area (Å²) < 4.78 is 0. The number of hydrogen-bond donors (Lipinski definition) is 3. The van der Waals surface area contributed by atoms with E-state index in [1.807, 2.05) is 5.38 Å². The van der Waals surface area contributed by atoms with E-state index in [1.165, 1.54) is 11.3 Å². The summed E-state index contributed by atoms with van der Waals surface area (Å²) in [5.74, 6) is -1.15. The molecular weight excluding hydrogens is 340 g/mol. The highest BCUT2D eigenvalue weighted by atomic mass is 32.1. The number of carboxylic acids is 1. The van der Waals surface area contributed by atoms with Crippen LogP contribution in [0.5, 0.6) is 0 Å². The van der Waals surface area contributed by atoms with Crippen molar-refractivity contribution in [3.63, 3.8) is 0 Å². The molecule has 0 radical (unpaired) electrons. The molecule has 25 heavy (non-hydrogen) atoms. The zero-order valence-electron chi connectivity index (χ0n) is 13.4. The van der Waals surface area contributed by atoms with E-state index in [0.29, 0.717) is 16.1 Å². The average molecular weight is 358 g/mol. The zero-order chi connectivity index (χ0) is 17.8. The summed E-state index contributed by atoms with van der Waals surface area (Å²) in [6, 6.07) is 9.76. The SMILES string of the molecule is O=C(O)C[C@H](NC(=O)c1ccc(NC(=O)c2cccs2)cc1)C1CC1. The largest absolute Gasteiger partial charge is 0.481 e. The third-order valence-electron chi connectivity index (χ3n) is 4.05. The molecule has 1 fully saturated rings. The summed E-state index contributed by atoms with van der Waals surface area (Å²) in [5, 5.41) is 16.4. The predicted molar refractivity (Wildman–Crippen MR) is 94.9 cm³/mol. The molecule has 6 nitrogen and oxygen atoms in total. The molecule has 1 saturated carbocycles. The van der Waals surface area contributed by atoms with E-state index in [1.54, 1.807) is 36.4 Å². The van der Waals surface area contributed by atoms with Crippen molar-refractivity contribution in [1.82, 2.24) is 5.32 Å². The first-order valence-electron chi connectivity index (χ1n) is 8.00. The van der Waals surface area contributed by atoms with Gasteiger partial charge in [-0.15, -0.1) is 11.3 Å². The van der Waals surface area contributed by atoms with Gasteiger partial charge in [0.05, 0.1) is 11.3 Å². The number of hydrogen-bond acceptors (Lipinski definition) is 4. The van der Waals surface area contributed by atoms with Crippen molar-refractivity contribution in [1.29, 1.82) is 0 Å². The molecule has 3 rings (SSSR count). The van der Waals surface area contributed by atoms with Gasteiger partial charge < -0.3 is 15.7 Å². The van der Waals surface area contributed by atoms with Gasteiger partial charge in [-0.1, -0.05) is 6.07 Å². The standard InChI is InChI=1S/C18H18N2O4S/c21-16(22)10-14(11-3-4-11)20-17(23)12-5-7-13(8-6-12)19-18(24)15-2-1-9-25-15/h1-2,5-9,11,14H,3-4,10H2,(H,19,24)(H,20,23)(H,21,22)/t14-/m0/s1. The van der Waals surface area contributed by atoms with Crippen LogP contribution in [0.25, 0.3) is 0 Å². The molecule has 1 atom stereocenters. The Morgan fingerprint density at radius 1 is 1.12 bits per heavy atom. The summed E-state index contributed by atoms with van der Waals surface area (Å²) in [6.45, 7) is 0. The van der Waals surface area contributed by atoms with Gasteiger partial charge in [0.1, 0.15) is 0 Å². The minimum atomic E-state index is -0.913. The molecule has 0 saturated heterocycles. The lowest BCUT2D eigenvalue weighted by Crippen LogP contribution is -2.38. The minimum absolute atomic E-state index is 0.0641. The normalized spacial score (nSPS) is 14.6. The fourth-order valence-corrected chi connectivity index (χ4v) is 3.20. The maximum atomic E-state index is 12.3. The summed E-state index contributed by atoms with van der Waals surface area (Å²) >= 11 is 1.35. The predicted octanol–water partition coefficient (Wildman–Crippen LogP) is 2.98. The number of aliphatic carboxylic acids is 1. The van der Waals surface area contributed by atoms with Crippen LogP contribution in [0.1, 0.15) is 39.3 Å². The Morgan fingerprint density at radius 3 is 2.40 bits per heavy atom. The lowest BCUT2D eigenvalue weighted by Gasteiger charge is -2.16. The Hall–Kier alpha value is -2.67. The number of carboxylic acid groups (broad SMARTS) is 1. The van der Waals surface area contributed by atoms with Gasteiger partial charge in [0.15, 0.2) is 0 Å². The van der Waals surface area contributed by atoms with Gasteiger partial charge in [0, 0.05) is 17.3 Å². The van der Waals surface area contributed by atoms with Crippen LogP contribution in [-0.2, 0) is 4.79 Å². The van der Waals surface area contributed by atoms with Crippen LogP contribution in [0, 0.1) is 5.92 Å². The lowest BCUT2D eigenvalue weighted by atomic mass is 10.1. The Balaban J connectivity index is 1.60. The number of anilines is 1. The van der Waals surface area contributed by atoms with Crippen LogP contribution in [0.15, 0.2) is 41.8 Å². The molecule has 1 aromatic carbocycles. The van der Waals surface area contributed by atoms with E-state index in [-0.39, 0.29) is 30.2 Å². The van der Waals surface area contributed by atoms with Gasteiger partial charge in [-0.25, -0.2) is 0 Å². The molecule has 1 aromatic heterocycles. The van der Waals surface area contributed by atoms with Crippen molar-refractivity contribution in [2.45, 2.75) is 25.3 Å². The number of carbonyl (C=O) groups is 3. The highest BCUT2D eigenvalue weighted by molar-refractivity contribution is 7.12. The Labute approximate surface area is 148 Å². The molecule has 1 aliphatic carbocycles. The molecule has 0 unspecified atom stereocenters. The van der Waals surface area contributed by atoms with Gasteiger partial charge in [-0.3, -0.25) is 14.4 Å². The van der Waals surface area contributed by atoms with Gasteiger partial charge in [-0.2, -0.15) is 0 Å². The first-order valence-corrected chi connectivity index (χ1v) is 8.88. The zero-order valence-corrected chi connectivity index (χ0v) is 14.2. The van der Waals surface area contributed by atoms with Gasteiger partial charge >= 0.3 is 5.97 Å². The summed E-state index contributed by atoms with van der Waals surface area (Å²) in [5.41, 5.74) is 1.03. The van der Waals surface area contributed by atoms with Crippen molar-refractivity contribution in [2.24, 2.45) is 5.92 Å². The number of nitrogens with one attached hydrogen (secondary N) is 2. The number of benzene rings is 1. The monoisotopic (exact) mass is 358 g/mol. The number of thiophene rings is 1. The van der Waals surface area contributed by atoms with Crippen LogP contribution in [-0.4, -0.2) is 28.9 Å². The Bertz CT molecular complexity index is 767. The maximum Gasteiger partial charge on any atom is 0.305 e. The fraction of sp³-hybridized carbons (Fsp3) is 0.278. The molecular formula is C18H18N2O4S. The third-order valence-corrected chi connectivity index (χ3v) is 4.92. The Kier molecular flexibility index (Phi) is 5.14.